The Hall–Kier alpha value is -2.06. The van der Waals surface area contributed by atoms with Crippen LogP contribution in [0.15, 0.2) is 46.0 Å². The third-order valence-electron chi connectivity index (χ3n) is 2.62. The van der Waals surface area contributed by atoms with Gasteiger partial charge in [0, 0.05) is 30.6 Å². The average Bonchev–Trinajstić information content (AvgIpc) is 2.78. The molecular weight excluding hydrogens is 324 g/mol. The zero-order valence-electron chi connectivity index (χ0n) is 12.0. The molecule has 1 N–H and O–H groups in total. The summed E-state index contributed by atoms with van der Waals surface area (Å²) < 4.78 is 16.3. The van der Waals surface area contributed by atoms with Crippen molar-refractivity contribution in [1.82, 2.24) is 4.98 Å². The Labute approximate surface area is 134 Å². The molecule has 1 heterocycles. The molecule has 1 aliphatic rings. The number of anilines is 1. The topological polar surface area (TPSA) is 85.4 Å². The van der Waals surface area contributed by atoms with E-state index in [1.165, 1.54) is 24.5 Å². The van der Waals surface area contributed by atoms with Gasteiger partial charge in [0.2, 0.25) is 0 Å². The van der Waals surface area contributed by atoms with Gasteiger partial charge in [0.15, 0.2) is 5.13 Å². The lowest BCUT2D eigenvalue weighted by Crippen LogP contribution is -2.13. The van der Waals surface area contributed by atoms with Crippen LogP contribution >= 0.6 is 11.3 Å². The second kappa shape index (κ2) is 7.28. The van der Waals surface area contributed by atoms with E-state index in [0.29, 0.717) is 27.9 Å². The van der Waals surface area contributed by atoms with Crippen molar-refractivity contribution in [2.24, 2.45) is 0 Å². The zero-order chi connectivity index (χ0) is 16.1. The minimum atomic E-state index is -1.18. The van der Waals surface area contributed by atoms with Gasteiger partial charge in [0.1, 0.15) is 10.8 Å². The predicted octanol–water partition coefficient (Wildman–Crippen LogP) is 2.15. The van der Waals surface area contributed by atoms with E-state index in [-0.39, 0.29) is 5.91 Å². The van der Waals surface area contributed by atoms with Crippen LogP contribution in [-0.4, -0.2) is 27.3 Å². The van der Waals surface area contributed by atoms with E-state index < -0.39 is 16.8 Å². The average molecular weight is 338 g/mol. The Morgan fingerprint density at radius 2 is 2.23 bits per heavy atom. The van der Waals surface area contributed by atoms with Gasteiger partial charge in [-0.05, 0) is 12.2 Å². The van der Waals surface area contributed by atoms with Gasteiger partial charge in [0.05, 0.1) is 10.8 Å². The number of esters is 1. The molecule has 1 aliphatic carbocycles. The summed E-state index contributed by atoms with van der Waals surface area (Å²) in [5.74, 6) is -0.246. The van der Waals surface area contributed by atoms with Crippen LogP contribution in [0.25, 0.3) is 0 Å². The van der Waals surface area contributed by atoms with E-state index in [4.69, 9.17) is 4.74 Å². The number of thiazole rings is 1. The van der Waals surface area contributed by atoms with Crippen molar-refractivity contribution in [3.63, 3.8) is 0 Å². The SMILES string of the molecule is CC(=O)OC1=CC=CC(C(=O)Nc2nc(S(C)=O)cs2)=CC1. The molecule has 1 aromatic rings. The predicted molar refractivity (Wildman–Crippen MR) is 84.8 cm³/mol. The molecule has 22 heavy (non-hydrogen) atoms. The van der Waals surface area contributed by atoms with Crippen LogP contribution in [0.4, 0.5) is 5.13 Å². The third-order valence-corrected chi connectivity index (χ3v) is 4.32. The van der Waals surface area contributed by atoms with Crippen LogP contribution in [0.5, 0.6) is 0 Å². The van der Waals surface area contributed by atoms with Crippen LogP contribution < -0.4 is 5.32 Å². The number of hydrogen-bond donors (Lipinski definition) is 1. The molecule has 0 bridgehead atoms. The molecule has 1 unspecified atom stereocenters. The van der Waals surface area contributed by atoms with Crippen molar-refractivity contribution in [3.8, 4) is 0 Å². The number of allylic oxidation sites excluding steroid dienone is 3. The second-order valence-electron chi connectivity index (χ2n) is 4.35. The van der Waals surface area contributed by atoms with E-state index in [0.717, 1.165) is 0 Å². The lowest BCUT2D eigenvalue weighted by molar-refractivity contribution is -0.136. The number of nitrogens with zero attached hydrogens (tertiary/aromatic N) is 1. The molecule has 1 atom stereocenters. The lowest BCUT2D eigenvalue weighted by atomic mass is 10.2. The van der Waals surface area contributed by atoms with Crippen molar-refractivity contribution in [1.29, 1.82) is 0 Å². The van der Waals surface area contributed by atoms with E-state index >= 15 is 0 Å². The number of nitrogens with one attached hydrogen (secondary N) is 1. The van der Waals surface area contributed by atoms with Gasteiger partial charge < -0.3 is 4.74 Å². The zero-order valence-corrected chi connectivity index (χ0v) is 13.6. The van der Waals surface area contributed by atoms with Crippen LogP contribution in [0.1, 0.15) is 13.3 Å². The smallest absolute Gasteiger partial charge is 0.307 e. The summed E-state index contributed by atoms with van der Waals surface area (Å²) in [5.41, 5.74) is 0.438. The first-order valence-electron chi connectivity index (χ1n) is 6.32. The summed E-state index contributed by atoms with van der Waals surface area (Å²) in [6, 6.07) is 0. The lowest BCUT2D eigenvalue weighted by Gasteiger charge is -2.03. The number of amides is 1. The summed E-state index contributed by atoms with van der Waals surface area (Å²) in [5, 5.41) is 5.12. The quantitative estimate of drug-likeness (QED) is 0.850. The fraction of sp³-hybridized carbons (Fsp3) is 0.214. The molecule has 0 aliphatic heterocycles. The third kappa shape index (κ3) is 4.47. The Morgan fingerprint density at radius 3 is 2.86 bits per heavy atom. The molecular formula is C14H14N2O4S2. The van der Waals surface area contributed by atoms with Gasteiger partial charge >= 0.3 is 5.97 Å². The minimum Gasteiger partial charge on any atom is -0.431 e. The number of carbonyl (C=O) groups is 2. The molecule has 1 aromatic heterocycles. The largest absolute Gasteiger partial charge is 0.431 e. The summed E-state index contributed by atoms with van der Waals surface area (Å²) in [6.07, 6.45) is 8.44. The molecule has 0 spiro atoms. The Balaban J connectivity index is 2.02. The van der Waals surface area contributed by atoms with E-state index in [9.17, 15) is 13.8 Å². The van der Waals surface area contributed by atoms with Gasteiger partial charge in [-0.25, -0.2) is 4.98 Å². The molecule has 8 heteroatoms. The van der Waals surface area contributed by atoms with Crippen LogP contribution in [0, 0.1) is 0 Å². The first-order valence-corrected chi connectivity index (χ1v) is 8.75. The summed E-state index contributed by atoms with van der Waals surface area (Å²) in [7, 11) is -1.18. The fourth-order valence-electron chi connectivity index (χ4n) is 1.65. The summed E-state index contributed by atoms with van der Waals surface area (Å²) in [4.78, 5) is 27.2. The van der Waals surface area contributed by atoms with Crippen molar-refractivity contribution >= 4 is 39.1 Å². The highest BCUT2D eigenvalue weighted by Gasteiger charge is 2.13. The first-order chi connectivity index (χ1) is 10.5. The first kappa shape index (κ1) is 16.3. The second-order valence-corrected chi connectivity index (χ2v) is 6.53. The Kier molecular flexibility index (Phi) is 5.40. The van der Waals surface area contributed by atoms with Crippen molar-refractivity contribution in [3.05, 3.63) is 41.0 Å². The van der Waals surface area contributed by atoms with Crippen molar-refractivity contribution in [2.45, 2.75) is 18.4 Å². The molecule has 0 fully saturated rings. The number of rotatable bonds is 4. The maximum Gasteiger partial charge on any atom is 0.307 e. The van der Waals surface area contributed by atoms with E-state index in [1.807, 2.05) is 0 Å². The Morgan fingerprint density at radius 1 is 1.45 bits per heavy atom. The van der Waals surface area contributed by atoms with Crippen LogP contribution in [-0.2, 0) is 25.1 Å². The fourth-order valence-corrected chi connectivity index (χ4v) is 3.18. The monoisotopic (exact) mass is 338 g/mol. The van der Waals surface area contributed by atoms with Gasteiger partial charge in [-0.2, -0.15) is 0 Å². The normalized spacial score (nSPS) is 15.4. The van der Waals surface area contributed by atoms with Crippen LogP contribution in [0.3, 0.4) is 0 Å². The molecule has 0 saturated heterocycles. The van der Waals surface area contributed by atoms with Gasteiger partial charge in [-0.15, -0.1) is 11.3 Å². The molecule has 0 radical (unpaired) electrons. The number of aromatic nitrogens is 1. The van der Waals surface area contributed by atoms with Gasteiger partial charge in [0.25, 0.3) is 5.91 Å². The number of carbonyl (C=O) groups excluding carboxylic acids is 2. The highest BCUT2D eigenvalue weighted by molar-refractivity contribution is 7.84. The molecule has 6 nitrogen and oxygen atoms in total. The van der Waals surface area contributed by atoms with Crippen molar-refractivity contribution in [2.75, 3.05) is 11.6 Å². The highest BCUT2D eigenvalue weighted by Crippen LogP contribution is 2.19. The van der Waals surface area contributed by atoms with E-state index in [2.05, 4.69) is 10.3 Å². The minimum absolute atomic E-state index is 0.323. The standard InChI is InChI=1S/C14H14N2O4S2/c1-9(17)20-11-5-3-4-10(6-7-11)13(18)16-14-15-12(8-21-14)22(2)19/h3-6,8H,7H2,1-2H3,(H,15,16,18). The van der Waals surface area contributed by atoms with E-state index in [1.54, 1.807) is 29.7 Å². The maximum absolute atomic E-state index is 12.2. The molecule has 116 valence electrons. The van der Waals surface area contributed by atoms with Gasteiger partial charge in [-0.1, -0.05) is 12.2 Å². The summed E-state index contributed by atoms with van der Waals surface area (Å²) in [6.45, 7) is 1.32. The van der Waals surface area contributed by atoms with Gasteiger partial charge in [-0.3, -0.25) is 19.1 Å². The van der Waals surface area contributed by atoms with Crippen molar-refractivity contribution < 1.29 is 18.5 Å². The highest BCUT2D eigenvalue weighted by atomic mass is 32.2. The molecule has 0 saturated carbocycles. The number of ether oxygens (including phenoxy) is 1. The maximum atomic E-state index is 12.2. The Bertz CT molecular complexity index is 716. The molecule has 0 aromatic carbocycles. The summed E-state index contributed by atoms with van der Waals surface area (Å²) >= 11 is 1.21. The van der Waals surface area contributed by atoms with Crippen LogP contribution in [0.2, 0.25) is 0 Å². The number of hydrogen-bond acceptors (Lipinski definition) is 6. The molecule has 1 amide bonds. The molecule has 2 rings (SSSR count).